The quantitative estimate of drug-likeness (QED) is 0.566. The van der Waals surface area contributed by atoms with Gasteiger partial charge in [-0.1, -0.05) is 13.3 Å². The molecule has 0 aromatic carbocycles. The van der Waals surface area contributed by atoms with Crippen molar-refractivity contribution in [3.8, 4) is 6.07 Å². The van der Waals surface area contributed by atoms with Gasteiger partial charge in [-0.25, -0.2) is 0 Å². The van der Waals surface area contributed by atoms with Gasteiger partial charge >= 0.3 is 0 Å². The third-order valence-electron chi connectivity index (χ3n) is 2.51. The van der Waals surface area contributed by atoms with Crippen LogP contribution in [0, 0.1) is 11.3 Å². The van der Waals surface area contributed by atoms with Crippen LogP contribution in [0.3, 0.4) is 0 Å². The van der Waals surface area contributed by atoms with E-state index in [9.17, 15) is 0 Å². The zero-order valence-electron chi connectivity index (χ0n) is 9.21. The van der Waals surface area contributed by atoms with Gasteiger partial charge in [0.2, 0.25) is 0 Å². The number of hydrogen-bond acceptors (Lipinski definition) is 2. The molecule has 0 aliphatic rings. The molecule has 0 aliphatic carbocycles. The lowest BCUT2D eigenvalue weighted by atomic mass is 10.1. The predicted octanol–water partition coefficient (Wildman–Crippen LogP) is 2.80. The molecule has 13 heavy (non-hydrogen) atoms. The summed E-state index contributed by atoms with van der Waals surface area (Å²) in [6.07, 6.45) is 5.42. The summed E-state index contributed by atoms with van der Waals surface area (Å²) in [4.78, 5) is 2.39. The van der Waals surface area contributed by atoms with Crippen LogP contribution in [0.2, 0.25) is 0 Å². The normalized spacial score (nSPS) is 12.8. The molecule has 0 heterocycles. The summed E-state index contributed by atoms with van der Waals surface area (Å²) in [5.74, 6) is 0. The van der Waals surface area contributed by atoms with Gasteiger partial charge in [0, 0.05) is 12.5 Å². The van der Waals surface area contributed by atoms with Crippen molar-refractivity contribution in [2.75, 3.05) is 13.6 Å². The molecule has 0 aromatic heterocycles. The van der Waals surface area contributed by atoms with E-state index in [2.05, 4.69) is 31.9 Å². The van der Waals surface area contributed by atoms with Crippen LogP contribution in [0.1, 0.15) is 46.0 Å². The van der Waals surface area contributed by atoms with E-state index in [1.54, 1.807) is 0 Å². The molecule has 0 aliphatic heterocycles. The molecule has 2 nitrogen and oxygen atoms in total. The van der Waals surface area contributed by atoms with Crippen molar-refractivity contribution in [3.05, 3.63) is 0 Å². The molecule has 2 heteroatoms. The molecule has 0 saturated carbocycles. The molecule has 0 saturated heterocycles. The minimum absolute atomic E-state index is 0.687. The lowest BCUT2D eigenvalue weighted by Crippen LogP contribution is -2.29. The van der Waals surface area contributed by atoms with E-state index in [0.29, 0.717) is 12.5 Å². The first kappa shape index (κ1) is 12.4. The third kappa shape index (κ3) is 6.60. The van der Waals surface area contributed by atoms with Gasteiger partial charge in [-0.3, -0.25) is 0 Å². The Bertz CT molecular complexity index is 149. The average molecular weight is 182 g/mol. The zero-order chi connectivity index (χ0) is 10.1. The number of unbranched alkanes of at least 4 members (excludes halogenated alkanes) is 2. The van der Waals surface area contributed by atoms with E-state index in [0.717, 1.165) is 19.4 Å². The smallest absolute Gasteiger partial charge is 0.0621 e. The average Bonchev–Trinajstić information content (AvgIpc) is 2.12. The van der Waals surface area contributed by atoms with Gasteiger partial charge in [-0.15, -0.1) is 0 Å². The highest BCUT2D eigenvalue weighted by Gasteiger charge is 2.06. The molecule has 1 atom stereocenters. The Hall–Kier alpha value is -0.550. The second kappa shape index (κ2) is 8.07. The summed E-state index contributed by atoms with van der Waals surface area (Å²) in [6, 6.07) is 2.86. The van der Waals surface area contributed by atoms with Crippen molar-refractivity contribution in [3.63, 3.8) is 0 Å². The van der Waals surface area contributed by atoms with Gasteiger partial charge in [-0.05, 0) is 39.8 Å². The van der Waals surface area contributed by atoms with Crippen LogP contribution < -0.4 is 0 Å². The molecule has 0 spiro atoms. The van der Waals surface area contributed by atoms with E-state index in [4.69, 9.17) is 5.26 Å². The van der Waals surface area contributed by atoms with Crippen LogP contribution in [0.15, 0.2) is 0 Å². The first-order valence-corrected chi connectivity index (χ1v) is 5.29. The molecule has 0 bridgehead atoms. The Balaban J connectivity index is 3.39. The molecule has 0 amide bonds. The monoisotopic (exact) mass is 182 g/mol. The summed E-state index contributed by atoms with van der Waals surface area (Å²) in [7, 11) is 2.17. The van der Waals surface area contributed by atoms with E-state index in [1.807, 2.05) is 0 Å². The van der Waals surface area contributed by atoms with E-state index >= 15 is 0 Å². The first-order chi connectivity index (χ1) is 6.22. The van der Waals surface area contributed by atoms with E-state index < -0.39 is 0 Å². The number of nitriles is 1. The fourth-order valence-corrected chi connectivity index (χ4v) is 1.42. The maximum Gasteiger partial charge on any atom is 0.0621 e. The second-order valence-corrected chi connectivity index (χ2v) is 3.73. The summed E-state index contributed by atoms with van der Waals surface area (Å²) in [5.41, 5.74) is 0. The van der Waals surface area contributed by atoms with Gasteiger partial charge in [0.1, 0.15) is 0 Å². The summed E-state index contributed by atoms with van der Waals surface area (Å²) in [5, 5.41) is 8.36. The van der Waals surface area contributed by atoms with Crippen molar-refractivity contribution < 1.29 is 0 Å². The minimum Gasteiger partial charge on any atom is -0.304 e. The summed E-state index contributed by atoms with van der Waals surface area (Å²) >= 11 is 0. The van der Waals surface area contributed by atoms with Gasteiger partial charge in [-0.2, -0.15) is 5.26 Å². The molecule has 1 unspecified atom stereocenters. The summed E-state index contributed by atoms with van der Waals surface area (Å²) in [6.45, 7) is 5.62. The third-order valence-corrected chi connectivity index (χ3v) is 2.51. The molecule has 0 aromatic rings. The fourth-order valence-electron chi connectivity index (χ4n) is 1.42. The van der Waals surface area contributed by atoms with Crippen molar-refractivity contribution in [1.29, 1.82) is 5.26 Å². The van der Waals surface area contributed by atoms with Crippen molar-refractivity contribution in [1.82, 2.24) is 4.90 Å². The maximum absolute atomic E-state index is 8.36. The molecule has 0 rings (SSSR count). The van der Waals surface area contributed by atoms with Gasteiger partial charge in [0.25, 0.3) is 0 Å². The van der Waals surface area contributed by atoms with Crippen LogP contribution >= 0.6 is 0 Å². The Kier molecular flexibility index (Phi) is 7.73. The number of nitrogens with zero attached hydrogens (tertiary/aromatic N) is 2. The molecular formula is C11H22N2. The number of rotatable bonds is 7. The SMILES string of the molecule is CCCC(C)N(C)CCCCC#N. The van der Waals surface area contributed by atoms with Gasteiger partial charge in [0.15, 0.2) is 0 Å². The Labute approximate surface area is 82.5 Å². The minimum atomic E-state index is 0.687. The highest BCUT2D eigenvalue weighted by molar-refractivity contribution is 4.69. The van der Waals surface area contributed by atoms with Crippen LogP contribution in [-0.2, 0) is 0 Å². The first-order valence-electron chi connectivity index (χ1n) is 5.29. The topological polar surface area (TPSA) is 27.0 Å². The van der Waals surface area contributed by atoms with Crippen LogP contribution in [-0.4, -0.2) is 24.5 Å². The second-order valence-electron chi connectivity index (χ2n) is 3.73. The lowest BCUT2D eigenvalue weighted by molar-refractivity contribution is 0.240. The van der Waals surface area contributed by atoms with Gasteiger partial charge < -0.3 is 4.90 Å². The maximum atomic E-state index is 8.36. The van der Waals surface area contributed by atoms with Gasteiger partial charge in [0.05, 0.1) is 6.07 Å². The van der Waals surface area contributed by atoms with Crippen molar-refractivity contribution in [2.45, 2.75) is 52.0 Å². The number of hydrogen-bond donors (Lipinski definition) is 0. The van der Waals surface area contributed by atoms with Crippen LogP contribution in [0.25, 0.3) is 0 Å². The van der Waals surface area contributed by atoms with Crippen molar-refractivity contribution >= 4 is 0 Å². The molecular weight excluding hydrogens is 160 g/mol. The Morgan fingerprint density at radius 3 is 2.62 bits per heavy atom. The van der Waals surface area contributed by atoms with E-state index in [-0.39, 0.29) is 0 Å². The Morgan fingerprint density at radius 1 is 1.38 bits per heavy atom. The molecule has 0 radical (unpaired) electrons. The lowest BCUT2D eigenvalue weighted by Gasteiger charge is -2.23. The largest absolute Gasteiger partial charge is 0.304 e. The highest BCUT2D eigenvalue weighted by atomic mass is 15.1. The van der Waals surface area contributed by atoms with Crippen molar-refractivity contribution in [2.24, 2.45) is 0 Å². The fraction of sp³-hybridized carbons (Fsp3) is 0.909. The Morgan fingerprint density at radius 2 is 2.08 bits per heavy atom. The molecule has 76 valence electrons. The standard InChI is InChI=1S/C11H22N2/c1-4-8-11(2)13(3)10-7-5-6-9-12/h11H,4-8,10H2,1-3H3. The molecule has 0 fully saturated rings. The highest BCUT2D eigenvalue weighted by Crippen LogP contribution is 2.05. The molecule has 0 N–H and O–H groups in total. The van der Waals surface area contributed by atoms with Crippen LogP contribution in [0.4, 0.5) is 0 Å². The summed E-state index contributed by atoms with van der Waals surface area (Å²) < 4.78 is 0. The predicted molar refractivity (Wildman–Crippen MR) is 56.5 cm³/mol. The van der Waals surface area contributed by atoms with Crippen LogP contribution in [0.5, 0.6) is 0 Å². The zero-order valence-corrected chi connectivity index (χ0v) is 9.21. The van der Waals surface area contributed by atoms with E-state index in [1.165, 1.54) is 12.8 Å².